The topological polar surface area (TPSA) is 80.3 Å². The number of carbonyl (C=O) groups is 2. The predicted molar refractivity (Wildman–Crippen MR) is 124 cm³/mol. The first-order chi connectivity index (χ1) is 16.5. The van der Waals surface area contributed by atoms with Gasteiger partial charge in [0.25, 0.3) is 5.91 Å². The molecule has 4 aliphatic heterocycles. The maximum Gasteiger partial charge on any atom is 0.255 e. The number of carbonyl (C=O) groups excluding carboxylic acids is 2. The highest BCUT2D eigenvalue weighted by Gasteiger charge is 2.44. The van der Waals surface area contributed by atoms with Crippen LogP contribution in [-0.4, -0.2) is 71.9 Å². The lowest BCUT2D eigenvalue weighted by Crippen LogP contribution is -2.51. The fourth-order valence-corrected chi connectivity index (χ4v) is 6.32. The second kappa shape index (κ2) is 8.66. The molecular formula is C26H33N3O5. The van der Waals surface area contributed by atoms with E-state index in [2.05, 4.69) is 16.8 Å². The Bertz CT molecular complexity index is 994. The molecule has 34 heavy (non-hydrogen) atoms. The largest absolute Gasteiger partial charge is 0.489 e. The van der Waals surface area contributed by atoms with E-state index in [1.807, 2.05) is 18.2 Å². The average Bonchev–Trinajstić information content (AvgIpc) is 3.55. The number of nitrogens with zero attached hydrogens (tertiary/aromatic N) is 2. The van der Waals surface area contributed by atoms with Gasteiger partial charge in [-0.15, -0.1) is 0 Å². The highest BCUT2D eigenvalue weighted by Crippen LogP contribution is 2.37. The molecule has 1 aliphatic carbocycles. The number of likely N-dealkylation sites (tertiary alicyclic amines) is 1. The van der Waals surface area contributed by atoms with Crippen molar-refractivity contribution in [3.8, 4) is 5.75 Å². The summed E-state index contributed by atoms with van der Waals surface area (Å²) in [6, 6.07) is 5.71. The van der Waals surface area contributed by atoms with E-state index in [1.54, 1.807) is 4.90 Å². The minimum absolute atomic E-state index is 0.0773. The van der Waals surface area contributed by atoms with Crippen LogP contribution in [-0.2, 0) is 20.8 Å². The first-order valence-electron chi connectivity index (χ1n) is 12.6. The number of piperidine rings is 2. The van der Waals surface area contributed by atoms with Crippen molar-refractivity contribution in [2.75, 3.05) is 26.3 Å². The molecule has 182 valence electrons. The second-order valence-corrected chi connectivity index (χ2v) is 10.2. The Labute approximate surface area is 200 Å². The van der Waals surface area contributed by atoms with Gasteiger partial charge < -0.3 is 24.4 Å². The molecule has 6 rings (SSSR count). The van der Waals surface area contributed by atoms with Crippen molar-refractivity contribution in [3.05, 3.63) is 41.6 Å². The van der Waals surface area contributed by atoms with Crippen molar-refractivity contribution in [1.29, 1.82) is 0 Å². The van der Waals surface area contributed by atoms with Gasteiger partial charge in [0.15, 0.2) is 5.79 Å². The summed E-state index contributed by atoms with van der Waals surface area (Å²) >= 11 is 0. The number of hydrogen-bond acceptors (Lipinski definition) is 6. The zero-order valence-corrected chi connectivity index (χ0v) is 19.6. The standard InChI is InChI=1S/C26H33N3O5/c1-17-5-8-22(24(30)27-17)29-16-18-15-19(6-7-20(18)25(29)31)34-23-4-2-3-21(23)28-11-9-26(10-12-28)32-13-14-33-26/h6-7,15,21-23H,1-5,8-14,16H2,(H,27,30)/t21-,22?,23+/m0/s1. The lowest BCUT2D eigenvalue weighted by Gasteiger charge is -2.41. The van der Waals surface area contributed by atoms with Gasteiger partial charge in [-0.1, -0.05) is 6.58 Å². The van der Waals surface area contributed by atoms with Crippen LogP contribution in [0, 0.1) is 0 Å². The van der Waals surface area contributed by atoms with Crippen LogP contribution >= 0.6 is 0 Å². The number of fused-ring (bicyclic) bond motifs is 1. The third-order valence-electron chi connectivity index (χ3n) is 8.15. The van der Waals surface area contributed by atoms with Crippen molar-refractivity contribution in [2.45, 2.75) is 75.5 Å². The first-order valence-corrected chi connectivity index (χ1v) is 12.6. The molecule has 3 saturated heterocycles. The van der Waals surface area contributed by atoms with E-state index in [1.165, 1.54) is 0 Å². The van der Waals surface area contributed by atoms with E-state index in [9.17, 15) is 9.59 Å². The molecule has 4 fully saturated rings. The Morgan fingerprint density at radius 2 is 1.88 bits per heavy atom. The van der Waals surface area contributed by atoms with Crippen LogP contribution in [0.15, 0.2) is 30.5 Å². The van der Waals surface area contributed by atoms with Crippen LogP contribution in [0.3, 0.4) is 0 Å². The summed E-state index contributed by atoms with van der Waals surface area (Å²) in [6.45, 7) is 7.62. The molecule has 2 amide bonds. The Morgan fingerprint density at radius 1 is 1.09 bits per heavy atom. The maximum atomic E-state index is 13.0. The van der Waals surface area contributed by atoms with Gasteiger partial charge in [-0.2, -0.15) is 0 Å². The fraction of sp³-hybridized carbons (Fsp3) is 0.615. The summed E-state index contributed by atoms with van der Waals surface area (Å²) in [6.07, 6.45) is 6.61. The Morgan fingerprint density at radius 3 is 2.65 bits per heavy atom. The van der Waals surface area contributed by atoms with Crippen molar-refractivity contribution < 1.29 is 23.8 Å². The average molecular weight is 468 g/mol. The molecule has 0 aromatic heterocycles. The predicted octanol–water partition coefficient (Wildman–Crippen LogP) is 2.57. The van der Waals surface area contributed by atoms with Gasteiger partial charge in [-0.05, 0) is 55.9 Å². The van der Waals surface area contributed by atoms with Gasteiger partial charge >= 0.3 is 0 Å². The van der Waals surface area contributed by atoms with Crippen molar-refractivity contribution in [1.82, 2.24) is 15.1 Å². The molecule has 1 aromatic carbocycles. The maximum absolute atomic E-state index is 13.0. The van der Waals surface area contributed by atoms with E-state index in [0.29, 0.717) is 44.2 Å². The van der Waals surface area contributed by atoms with Crippen LogP contribution in [0.2, 0.25) is 0 Å². The molecule has 4 heterocycles. The normalized spacial score (nSPS) is 31.2. The van der Waals surface area contributed by atoms with Gasteiger partial charge in [0.05, 0.1) is 13.2 Å². The summed E-state index contributed by atoms with van der Waals surface area (Å²) in [5.41, 5.74) is 2.33. The molecule has 1 aromatic rings. The molecule has 8 nitrogen and oxygen atoms in total. The van der Waals surface area contributed by atoms with Crippen LogP contribution in [0.4, 0.5) is 0 Å². The Balaban J connectivity index is 1.11. The fourth-order valence-electron chi connectivity index (χ4n) is 6.32. The van der Waals surface area contributed by atoms with E-state index in [-0.39, 0.29) is 23.7 Å². The Kier molecular flexibility index (Phi) is 5.62. The lowest BCUT2D eigenvalue weighted by atomic mass is 10.0. The van der Waals surface area contributed by atoms with Crippen molar-refractivity contribution in [3.63, 3.8) is 0 Å². The molecule has 1 unspecified atom stereocenters. The zero-order chi connectivity index (χ0) is 23.3. The number of benzene rings is 1. The third kappa shape index (κ3) is 3.91. The molecule has 1 saturated carbocycles. The number of nitrogens with one attached hydrogen (secondary N) is 1. The number of allylic oxidation sites excluding steroid dienone is 1. The molecular weight excluding hydrogens is 434 g/mol. The van der Waals surface area contributed by atoms with E-state index < -0.39 is 6.04 Å². The van der Waals surface area contributed by atoms with Crippen LogP contribution in [0.5, 0.6) is 5.75 Å². The highest BCUT2D eigenvalue weighted by molar-refractivity contribution is 6.01. The molecule has 3 atom stereocenters. The molecule has 1 spiro atoms. The minimum atomic E-state index is -0.441. The van der Waals surface area contributed by atoms with Crippen molar-refractivity contribution in [2.24, 2.45) is 0 Å². The second-order valence-electron chi connectivity index (χ2n) is 10.2. The summed E-state index contributed by atoms with van der Waals surface area (Å²) in [5, 5.41) is 2.79. The van der Waals surface area contributed by atoms with Gasteiger partial charge in [0, 0.05) is 49.8 Å². The van der Waals surface area contributed by atoms with Crippen molar-refractivity contribution >= 4 is 11.8 Å². The summed E-state index contributed by atoms with van der Waals surface area (Å²) in [4.78, 5) is 29.7. The monoisotopic (exact) mass is 467 g/mol. The van der Waals surface area contributed by atoms with Crippen LogP contribution in [0.25, 0.3) is 0 Å². The van der Waals surface area contributed by atoms with E-state index in [0.717, 1.165) is 62.2 Å². The van der Waals surface area contributed by atoms with Gasteiger partial charge in [-0.25, -0.2) is 0 Å². The van der Waals surface area contributed by atoms with Gasteiger partial charge in [0.1, 0.15) is 17.9 Å². The van der Waals surface area contributed by atoms with Crippen LogP contribution in [0.1, 0.15) is 60.9 Å². The number of amides is 2. The summed E-state index contributed by atoms with van der Waals surface area (Å²) < 4.78 is 18.3. The molecule has 1 N–H and O–H groups in total. The molecule has 0 radical (unpaired) electrons. The van der Waals surface area contributed by atoms with Crippen LogP contribution < -0.4 is 10.1 Å². The summed E-state index contributed by atoms with van der Waals surface area (Å²) in [5.74, 6) is 0.237. The quantitative estimate of drug-likeness (QED) is 0.733. The number of rotatable bonds is 4. The summed E-state index contributed by atoms with van der Waals surface area (Å²) in [7, 11) is 0. The van der Waals surface area contributed by atoms with Gasteiger partial charge in [0.2, 0.25) is 5.91 Å². The number of ether oxygens (including phenoxy) is 3. The lowest BCUT2D eigenvalue weighted by molar-refractivity contribution is -0.189. The van der Waals surface area contributed by atoms with E-state index in [4.69, 9.17) is 14.2 Å². The molecule has 0 bridgehead atoms. The zero-order valence-electron chi connectivity index (χ0n) is 19.6. The SMILES string of the molecule is C=C1CCC(N2Cc3cc(O[C@@H]4CCC[C@@H]4N4CCC5(CC4)OCCO5)ccc3C2=O)C(=O)N1. The third-order valence-corrected chi connectivity index (χ3v) is 8.15. The van der Waals surface area contributed by atoms with Gasteiger partial charge in [-0.3, -0.25) is 14.5 Å². The number of hydrogen-bond donors (Lipinski definition) is 1. The Hall–Kier alpha value is -2.42. The molecule has 5 aliphatic rings. The van der Waals surface area contributed by atoms with E-state index >= 15 is 0 Å². The first kappa shape index (κ1) is 22.1. The molecule has 8 heteroatoms. The highest BCUT2D eigenvalue weighted by atomic mass is 16.7. The smallest absolute Gasteiger partial charge is 0.255 e. The minimum Gasteiger partial charge on any atom is -0.489 e.